The summed E-state index contributed by atoms with van der Waals surface area (Å²) in [4.78, 5) is -0.0522. The third-order valence-electron chi connectivity index (χ3n) is 2.83. The highest BCUT2D eigenvalue weighted by atomic mass is 79.9. The first-order chi connectivity index (χ1) is 9.70. The van der Waals surface area contributed by atoms with Crippen LogP contribution in [0.15, 0.2) is 39.7 Å². The third-order valence-corrected chi connectivity index (χ3v) is 5.23. The van der Waals surface area contributed by atoms with Crippen LogP contribution in [0, 0.1) is 12.7 Å². The minimum atomic E-state index is -3.94. The van der Waals surface area contributed by atoms with Crippen LogP contribution in [0.3, 0.4) is 0 Å². The maximum absolute atomic E-state index is 13.2. The molecule has 2 aromatic rings. The van der Waals surface area contributed by atoms with Gasteiger partial charge in [-0.15, -0.1) is 0 Å². The van der Waals surface area contributed by atoms with Gasteiger partial charge in [-0.05, 0) is 58.7 Å². The summed E-state index contributed by atoms with van der Waals surface area (Å²) >= 11 is 9.00. The Bertz CT molecular complexity index is 812. The average Bonchev–Trinajstić information content (AvgIpc) is 2.37. The average molecular weight is 394 g/mol. The summed E-state index contributed by atoms with van der Waals surface area (Å²) in [5.41, 5.74) is 6.45. The second-order valence-corrected chi connectivity index (χ2v) is 7.29. The summed E-state index contributed by atoms with van der Waals surface area (Å²) in [5.74, 6) is -0.557. The highest BCUT2D eigenvalue weighted by Gasteiger charge is 2.20. The van der Waals surface area contributed by atoms with Crippen LogP contribution < -0.4 is 10.5 Å². The van der Waals surface area contributed by atoms with E-state index in [4.69, 9.17) is 17.3 Å². The van der Waals surface area contributed by atoms with Crippen molar-refractivity contribution in [2.75, 3.05) is 10.5 Å². The molecule has 0 unspecified atom stereocenters. The van der Waals surface area contributed by atoms with E-state index < -0.39 is 15.8 Å². The summed E-state index contributed by atoms with van der Waals surface area (Å²) in [6.45, 7) is 1.57. The number of nitrogens with two attached hydrogens (primary N) is 1. The lowest BCUT2D eigenvalue weighted by Crippen LogP contribution is -2.15. The number of sulfonamides is 1. The highest BCUT2D eigenvalue weighted by Crippen LogP contribution is 2.30. The van der Waals surface area contributed by atoms with Crippen LogP contribution in [-0.4, -0.2) is 8.42 Å². The molecule has 0 aliphatic rings. The maximum Gasteiger partial charge on any atom is 0.262 e. The van der Waals surface area contributed by atoms with Crippen LogP contribution in [-0.2, 0) is 10.0 Å². The van der Waals surface area contributed by atoms with Crippen molar-refractivity contribution in [2.45, 2.75) is 11.8 Å². The van der Waals surface area contributed by atoms with Crippen LogP contribution in [0.25, 0.3) is 0 Å². The fraction of sp³-hybridized carbons (Fsp3) is 0.0769. The molecular weight excluding hydrogens is 383 g/mol. The molecule has 0 atom stereocenters. The van der Waals surface area contributed by atoms with Crippen molar-refractivity contribution in [3.8, 4) is 0 Å². The molecule has 0 aromatic heterocycles. The summed E-state index contributed by atoms with van der Waals surface area (Å²) in [6.07, 6.45) is 0. The van der Waals surface area contributed by atoms with E-state index in [0.29, 0.717) is 10.0 Å². The molecule has 21 heavy (non-hydrogen) atoms. The minimum absolute atomic E-state index is 0.0522. The molecule has 0 bridgehead atoms. The molecule has 3 N–H and O–H groups in total. The van der Waals surface area contributed by atoms with Crippen molar-refractivity contribution in [3.63, 3.8) is 0 Å². The van der Waals surface area contributed by atoms with E-state index in [1.54, 1.807) is 6.92 Å². The van der Waals surface area contributed by atoms with Crippen molar-refractivity contribution in [2.24, 2.45) is 0 Å². The molecular formula is C13H11BrClFN2O2S. The van der Waals surface area contributed by atoms with Crippen LogP contribution >= 0.6 is 27.5 Å². The lowest BCUT2D eigenvalue weighted by Gasteiger charge is -2.13. The summed E-state index contributed by atoms with van der Waals surface area (Å²) in [7, 11) is -3.94. The SMILES string of the molecule is Cc1c(N)cc(Cl)cc1S(=O)(=O)Nc1cc(F)ccc1Br. The topological polar surface area (TPSA) is 72.2 Å². The van der Waals surface area contributed by atoms with Gasteiger partial charge in [0.25, 0.3) is 10.0 Å². The Balaban J connectivity index is 2.51. The van der Waals surface area contributed by atoms with Crippen molar-refractivity contribution >= 4 is 48.9 Å². The smallest absolute Gasteiger partial charge is 0.262 e. The van der Waals surface area contributed by atoms with Gasteiger partial charge in [0.1, 0.15) is 5.82 Å². The Hall–Kier alpha value is -1.31. The Kier molecular flexibility index (Phi) is 4.46. The first kappa shape index (κ1) is 16.1. The van der Waals surface area contributed by atoms with E-state index in [9.17, 15) is 12.8 Å². The predicted octanol–water partition coefficient (Wildman–Crippen LogP) is 3.93. The van der Waals surface area contributed by atoms with Gasteiger partial charge < -0.3 is 5.73 Å². The van der Waals surface area contributed by atoms with Crippen molar-refractivity contribution in [1.82, 2.24) is 0 Å². The minimum Gasteiger partial charge on any atom is -0.398 e. The van der Waals surface area contributed by atoms with E-state index in [-0.39, 0.29) is 21.3 Å². The molecule has 0 spiro atoms. The molecule has 0 saturated carbocycles. The number of hydrogen-bond acceptors (Lipinski definition) is 3. The molecule has 0 aliphatic heterocycles. The zero-order chi connectivity index (χ0) is 15.8. The maximum atomic E-state index is 13.2. The fourth-order valence-corrected chi connectivity index (χ4v) is 3.87. The van der Waals surface area contributed by atoms with Crippen LogP contribution in [0.4, 0.5) is 15.8 Å². The van der Waals surface area contributed by atoms with Crippen LogP contribution in [0.5, 0.6) is 0 Å². The van der Waals surface area contributed by atoms with Gasteiger partial charge in [-0.25, -0.2) is 12.8 Å². The van der Waals surface area contributed by atoms with E-state index in [1.807, 2.05) is 0 Å². The predicted molar refractivity (Wildman–Crippen MR) is 85.5 cm³/mol. The van der Waals surface area contributed by atoms with Gasteiger partial charge in [-0.2, -0.15) is 0 Å². The monoisotopic (exact) mass is 392 g/mol. The van der Waals surface area contributed by atoms with Crippen molar-refractivity contribution in [1.29, 1.82) is 0 Å². The number of rotatable bonds is 3. The number of anilines is 2. The molecule has 0 aliphatic carbocycles. The van der Waals surface area contributed by atoms with Gasteiger partial charge >= 0.3 is 0 Å². The summed E-state index contributed by atoms with van der Waals surface area (Å²) < 4.78 is 40.8. The van der Waals surface area contributed by atoms with Crippen molar-refractivity contribution in [3.05, 3.63) is 51.2 Å². The second kappa shape index (κ2) is 5.82. The lowest BCUT2D eigenvalue weighted by atomic mass is 10.2. The second-order valence-electron chi connectivity index (χ2n) is 4.35. The number of nitrogen functional groups attached to an aromatic ring is 1. The van der Waals surface area contributed by atoms with Gasteiger partial charge in [-0.3, -0.25) is 4.72 Å². The van der Waals surface area contributed by atoms with E-state index >= 15 is 0 Å². The molecule has 8 heteroatoms. The summed E-state index contributed by atoms with van der Waals surface area (Å²) in [6, 6.07) is 6.46. The van der Waals surface area contributed by atoms with Gasteiger partial charge in [0, 0.05) is 15.2 Å². The lowest BCUT2D eigenvalue weighted by molar-refractivity contribution is 0.600. The Morgan fingerprint density at radius 1 is 1.29 bits per heavy atom. The molecule has 2 aromatic carbocycles. The van der Waals surface area contributed by atoms with E-state index in [0.717, 1.165) is 6.07 Å². The number of nitrogens with one attached hydrogen (secondary N) is 1. The van der Waals surface area contributed by atoms with Crippen LogP contribution in [0.2, 0.25) is 5.02 Å². The first-order valence-electron chi connectivity index (χ1n) is 5.74. The highest BCUT2D eigenvalue weighted by molar-refractivity contribution is 9.10. The van der Waals surface area contributed by atoms with E-state index in [2.05, 4.69) is 20.7 Å². The molecule has 112 valence electrons. The van der Waals surface area contributed by atoms with Crippen LogP contribution in [0.1, 0.15) is 5.56 Å². The zero-order valence-electron chi connectivity index (χ0n) is 10.8. The third kappa shape index (κ3) is 3.48. The van der Waals surface area contributed by atoms with Gasteiger partial charge in [0.05, 0.1) is 10.6 Å². The van der Waals surface area contributed by atoms with Gasteiger partial charge in [-0.1, -0.05) is 11.6 Å². The molecule has 0 amide bonds. The molecule has 0 saturated heterocycles. The van der Waals surface area contributed by atoms with Gasteiger partial charge in [0.2, 0.25) is 0 Å². The first-order valence-corrected chi connectivity index (χ1v) is 8.39. The largest absolute Gasteiger partial charge is 0.398 e. The number of hydrogen-bond donors (Lipinski definition) is 2. The Labute approximate surface area is 135 Å². The fourth-order valence-electron chi connectivity index (χ4n) is 1.73. The summed E-state index contributed by atoms with van der Waals surface area (Å²) in [5, 5.41) is 0.205. The molecule has 4 nitrogen and oxygen atoms in total. The van der Waals surface area contributed by atoms with Gasteiger partial charge in [0.15, 0.2) is 0 Å². The quantitative estimate of drug-likeness (QED) is 0.776. The van der Waals surface area contributed by atoms with E-state index in [1.165, 1.54) is 24.3 Å². The Morgan fingerprint density at radius 2 is 1.95 bits per heavy atom. The molecule has 0 fully saturated rings. The number of halogens is 3. The normalized spacial score (nSPS) is 11.4. The number of benzene rings is 2. The Morgan fingerprint density at radius 3 is 2.62 bits per heavy atom. The zero-order valence-corrected chi connectivity index (χ0v) is 14.0. The van der Waals surface area contributed by atoms with Crippen molar-refractivity contribution < 1.29 is 12.8 Å². The molecule has 2 rings (SSSR count). The standard InChI is InChI=1S/C13H11BrClFN2O2S/c1-7-11(17)4-8(15)5-13(7)21(19,20)18-12-6-9(16)2-3-10(12)14/h2-6,18H,17H2,1H3. The molecule has 0 heterocycles. The molecule has 0 radical (unpaired) electrons.